The number of aliphatic hydroxyl groups excluding tert-OH is 1. The van der Waals surface area contributed by atoms with Gasteiger partial charge in [-0.2, -0.15) is 0 Å². The Hall–Kier alpha value is -1.09. The molecular weight excluding hydrogens is 195 g/mol. The van der Waals surface area contributed by atoms with Gasteiger partial charge in [0.2, 0.25) is 0 Å². The van der Waals surface area contributed by atoms with E-state index in [2.05, 4.69) is 0 Å². The molecule has 15 heavy (non-hydrogen) atoms. The van der Waals surface area contributed by atoms with Crippen LogP contribution in [0.1, 0.15) is 31.4 Å². The van der Waals surface area contributed by atoms with Crippen molar-refractivity contribution < 1.29 is 14.2 Å². The van der Waals surface area contributed by atoms with Crippen LogP contribution in [0.2, 0.25) is 0 Å². The zero-order valence-electron chi connectivity index (χ0n) is 8.95. The maximum absolute atomic E-state index is 11.9. The molecule has 1 aromatic carbocycles. The molecule has 84 valence electrons. The topological polar surface area (TPSA) is 29.5 Å². The van der Waals surface area contributed by atoms with Gasteiger partial charge in [0.05, 0.1) is 19.4 Å². The average molecular weight is 212 g/mol. The van der Waals surface area contributed by atoms with Crippen LogP contribution in [0.4, 0.5) is 4.39 Å². The van der Waals surface area contributed by atoms with E-state index >= 15 is 0 Å². The fourth-order valence-corrected chi connectivity index (χ4v) is 1.34. The summed E-state index contributed by atoms with van der Waals surface area (Å²) in [4.78, 5) is 0. The molecule has 1 unspecified atom stereocenters. The van der Waals surface area contributed by atoms with E-state index in [1.807, 2.05) is 25.1 Å². The molecule has 0 spiro atoms. The Bertz CT molecular complexity index is 289. The van der Waals surface area contributed by atoms with Crippen LogP contribution in [0.3, 0.4) is 0 Å². The molecule has 1 rings (SSSR count). The van der Waals surface area contributed by atoms with Crippen LogP contribution >= 0.6 is 0 Å². The number of halogens is 1. The smallest absolute Gasteiger partial charge is 0.125 e. The van der Waals surface area contributed by atoms with Crippen molar-refractivity contribution in [3.63, 3.8) is 0 Å². The van der Waals surface area contributed by atoms with Gasteiger partial charge in [-0.05, 0) is 12.5 Å². The minimum atomic E-state index is -0.508. The molecule has 1 aromatic rings. The van der Waals surface area contributed by atoms with E-state index in [1.54, 1.807) is 6.07 Å². The molecular formula is C12H17FO2. The number of hydrogen-bond acceptors (Lipinski definition) is 2. The summed E-state index contributed by atoms with van der Waals surface area (Å²) in [5, 5.41) is 9.71. The predicted octanol–water partition coefficient (Wildman–Crippen LogP) is 2.87. The van der Waals surface area contributed by atoms with Crippen LogP contribution in [0.25, 0.3) is 0 Å². The van der Waals surface area contributed by atoms with Gasteiger partial charge < -0.3 is 9.84 Å². The number of hydrogen-bond donors (Lipinski definition) is 1. The van der Waals surface area contributed by atoms with E-state index in [0.717, 1.165) is 5.56 Å². The number of benzene rings is 1. The summed E-state index contributed by atoms with van der Waals surface area (Å²) >= 11 is 0. The summed E-state index contributed by atoms with van der Waals surface area (Å²) in [6, 6.07) is 7.33. The fourth-order valence-electron chi connectivity index (χ4n) is 1.34. The number of aliphatic hydroxyl groups is 1. The molecule has 1 N–H and O–H groups in total. The minimum absolute atomic E-state index is 0.351. The lowest BCUT2D eigenvalue weighted by Crippen LogP contribution is -2.03. The molecule has 0 aliphatic carbocycles. The maximum atomic E-state index is 11.9. The second-order valence-electron chi connectivity index (χ2n) is 3.35. The first-order valence-corrected chi connectivity index (χ1v) is 5.25. The standard InChI is InChI=1S/C12H17FO2/c1-2-11(14)10-6-3-4-7-12(10)15-9-5-8-13/h3-4,6-7,11,14H,2,5,8-9H2,1H3. The van der Waals surface area contributed by atoms with E-state index in [0.29, 0.717) is 25.2 Å². The number of alkyl halides is 1. The van der Waals surface area contributed by atoms with Crippen LogP contribution in [-0.4, -0.2) is 18.4 Å². The summed E-state index contributed by atoms with van der Waals surface area (Å²) < 4.78 is 17.3. The molecule has 0 aliphatic rings. The zero-order valence-corrected chi connectivity index (χ0v) is 8.95. The van der Waals surface area contributed by atoms with Crippen LogP contribution in [0.15, 0.2) is 24.3 Å². The molecule has 0 aromatic heterocycles. The third kappa shape index (κ3) is 3.51. The van der Waals surface area contributed by atoms with Gasteiger partial charge in [-0.25, -0.2) is 0 Å². The highest BCUT2D eigenvalue weighted by molar-refractivity contribution is 5.34. The Kier molecular flexibility index (Phi) is 5.12. The molecule has 0 radical (unpaired) electrons. The lowest BCUT2D eigenvalue weighted by atomic mass is 10.1. The third-order valence-corrected chi connectivity index (χ3v) is 2.20. The van der Waals surface area contributed by atoms with Gasteiger partial charge in [0.25, 0.3) is 0 Å². The molecule has 0 bridgehead atoms. The van der Waals surface area contributed by atoms with E-state index in [1.165, 1.54) is 0 Å². The molecule has 3 heteroatoms. The average Bonchev–Trinajstić information content (AvgIpc) is 2.29. The van der Waals surface area contributed by atoms with Crippen molar-refractivity contribution in [2.45, 2.75) is 25.9 Å². The highest BCUT2D eigenvalue weighted by Gasteiger charge is 2.10. The largest absolute Gasteiger partial charge is 0.493 e. The number of ether oxygens (including phenoxy) is 1. The van der Waals surface area contributed by atoms with Crippen molar-refractivity contribution in [2.24, 2.45) is 0 Å². The summed E-state index contributed by atoms with van der Waals surface area (Å²) in [5.41, 5.74) is 0.777. The Morgan fingerprint density at radius 2 is 2.13 bits per heavy atom. The Morgan fingerprint density at radius 1 is 1.40 bits per heavy atom. The lowest BCUT2D eigenvalue weighted by molar-refractivity contribution is 0.166. The Balaban J connectivity index is 2.68. The summed E-state index contributed by atoms with van der Waals surface area (Å²) in [6.07, 6.45) is 0.520. The Labute approximate surface area is 89.7 Å². The fraction of sp³-hybridized carbons (Fsp3) is 0.500. The summed E-state index contributed by atoms with van der Waals surface area (Å²) in [5.74, 6) is 0.653. The first-order chi connectivity index (χ1) is 7.29. The highest BCUT2D eigenvalue weighted by atomic mass is 19.1. The third-order valence-electron chi connectivity index (χ3n) is 2.20. The van der Waals surface area contributed by atoms with Gasteiger partial charge in [-0.15, -0.1) is 0 Å². The van der Waals surface area contributed by atoms with E-state index < -0.39 is 6.10 Å². The second-order valence-corrected chi connectivity index (χ2v) is 3.35. The van der Waals surface area contributed by atoms with Gasteiger partial charge in [-0.1, -0.05) is 25.1 Å². The van der Waals surface area contributed by atoms with E-state index in [9.17, 15) is 9.50 Å². The van der Waals surface area contributed by atoms with Crippen LogP contribution < -0.4 is 4.74 Å². The number of rotatable bonds is 6. The lowest BCUT2D eigenvalue weighted by Gasteiger charge is -2.14. The summed E-state index contributed by atoms with van der Waals surface area (Å²) in [6.45, 7) is 1.88. The molecule has 0 heterocycles. The van der Waals surface area contributed by atoms with Crippen molar-refractivity contribution in [3.8, 4) is 5.75 Å². The second kappa shape index (κ2) is 6.40. The molecule has 2 nitrogen and oxygen atoms in total. The van der Waals surface area contributed by atoms with E-state index in [4.69, 9.17) is 4.74 Å². The monoisotopic (exact) mass is 212 g/mol. The van der Waals surface area contributed by atoms with Crippen molar-refractivity contribution in [3.05, 3.63) is 29.8 Å². The molecule has 0 fully saturated rings. The van der Waals surface area contributed by atoms with Crippen molar-refractivity contribution in [1.82, 2.24) is 0 Å². The van der Waals surface area contributed by atoms with Crippen LogP contribution in [-0.2, 0) is 0 Å². The van der Waals surface area contributed by atoms with Gasteiger partial charge >= 0.3 is 0 Å². The molecule has 1 atom stereocenters. The van der Waals surface area contributed by atoms with Crippen molar-refractivity contribution >= 4 is 0 Å². The highest BCUT2D eigenvalue weighted by Crippen LogP contribution is 2.26. The van der Waals surface area contributed by atoms with Gasteiger partial charge in [0, 0.05) is 12.0 Å². The van der Waals surface area contributed by atoms with Gasteiger partial charge in [-0.3, -0.25) is 4.39 Å². The van der Waals surface area contributed by atoms with Gasteiger partial charge in [0.15, 0.2) is 0 Å². The molecule has 0 amide bonds. The van der Waals surface area contributed by atoms with Crippen LogP contribution in [0.5, 0.6) is 5.75 Å². The first-order valence-electron chi connectivity index (χ1n) is 5.25. The van der Waals surface area contributed by atoms with Gasteiger partial charge in [0.1, 0.15) is 5.75 Å². The summed E-state index contributed by atoms with van der Waals surface area (Å²) in [7, 11) is 0. The molecule has 0 saturated carbocycles. The van der Waals surface area contributed by atoms with Crippen molar-refractivity contribution in [1.29, 1.82) is 0 Å². The molecule has 0 saturated heterocycles. The maximum Gasteiger partial charge on any atom is 0.125 e. The number of para-hydroxylation sites is 1. The normalized spacial score (nSPS) is 12.5. The zero-order chi connectivity index (χ0) is 11.1. The first kappa shape index (κ1) is 12.0. The Morgan fingerprint density at radius 3 is 2.80 bits per heavy atom. The molecule has 0 aliphatic heterocycles. The minimum Gasteiger partial charge on any atom is -0.493 e. The quantitative estimate of drug-likeness (QED) is 0.735. The SMILES string of the molecule is CCC(O)c1ccccc1OCCCF. The predicted molar refractivity (Wildman–Crippen MR) is 57.8 cm³/mol. The van der Waals surface area contributed by atoms with Crippen LogP contribution in [0, 0.1) is 0 Å². The van der Waals surface area contributed by atoms with Crippen molar-refractivity contribution in [2.75, 3.05) is 13.3 Å². The van der Waals surface area contributed by atoms with E-state index in [-0.39, 0.29) is 6.67 Å².